The minimum Gasteiger partial charge on any atom is -0.379 e. The number of nitrogens with zero attached hydrogens (tertiary/aromatic N) is 1. The van der Waals surface area contributed by atoms with Crippen molar-refractivity contribution in [2.75, 3.05) is 32.9 Å². The van der Waals surface area contributed by atoms with Gasteiger partial charge in [0.2, 0.25) is 0 Å². The highest BCUT2D eigenvalue weighted by molar-refractivity contribution is 14.0. The van der Waals surface area contributed by atoms with Crippen molar-refractivity contribution >= 4 is 29.9 Å². The Kier molecular flexibility index (Phi) is 9.07. The van der Waals surface area contributed by atoms with E-state index in [0.29, 0.717) is 19.8 Å². The van der Waals surface area contributed by atoms with E-state index in [0.717, 1.165) is 43.9 Å². The Balaban J connectivity index is 0.00000243. The lowest BCUT2D eigenvalue weighted by Gasteiger charge is -2.12. The molecule has 5 nitrogen and oxygen atoms in total. The molecule has 0 radical (unpaired) electrons. The Morgan fingerprint density at radius 3 is 2.96 bits per heavy atom. The van der Waals surface area contributed by atoms with Crippen molar-refractivity contribution in [3.8, 4) is 0 Å². The Morgan fingerprint density at radius 1 is 1.38 bits per heavy atom. The van der Waals surface area contributed by atoms with Gasteiger partial charge in [0.15, 0.2) is 5.96 Å². The minimum absolute atomic E-state index is 0. The molecule has 7 heteroatoms. The van der Waals surface area contributed by atoms with Gasteiger partial charge in [-0.05, 0) is 37.8 Å². The molecule has 2 fully saturated rings. The van der Waals surface area contributed by atoms with Crippen LogP contribution in [0.15, 0.2) is 29.3 Å². The predicted octanol–water partition coefficient (Wildman–Crippen LogP) is 3.05. The van der Waals surface area contributed by atoms with Crippen LogP contribution < -0.4 is 10.6 Å². The first-order valence-electron chi connectivity index (χ1n) is 9.26. The van der Waals surface area contributed by atoms with E-state index in [-0.39, 0.29) is 47.9 Å². The summed E-state index contributed by atoms with van der Waals surface area (Å²) in [6.45, 7) is 5.78. The lowest BCUT2D eigenvalue weighted by Crippen LogP contribution is -2.39. The third kappa shape index (κ3) is 6.35. The van der Waals surface area contributed by atoms with Gasteiger partial charge in [-0.1, -0.05) is 18.2 Å². The van der Waals surface area contributed by atoms with Crippen molar-refractivity contribution in [1.29, 1.82) is 0 Å². The quantitative estimate of drug-likeness (QED) is 0.262. The lowest BCUT2D eigenvalue weighted by atomic mass is 10.1. The maximum Gasteiger partial charge on any atom is 0.191 e. The van der Waals surface area contributed by atoms with Crippen molar-refractivity contribution in [2.45, 2.75) is 44.2 Å². The first kappa shape index (κ1) is 21.4. The van der Waals surface area contributed by atoms with Crippen LogP contribution in [0.2, 0.25) is 0 Å². The first-order chi connectivity index (χ1) is 12.3. The number of benzene rings is 1. The largest absolute Gasteiger partial charge is 0.379 e. The Hall–Kier alpha value is -0.930. The number of rotatable bonds is 8. The molecule has 0 amide bonds. The van der Waals surface area contributed by atoms with Gasteiger partial charge in [0.05, 0.1) is 12.7 Å². The summed E-state index contributed by atoms with van der Waals surface area (Å²) < 4.78 is 24.9. The van der Waals surface area contributed by atoms with E-state index in [9.17, 15) is 4.39 Å². The molecule has 3 unspecified atom stereocenters. The molecule has 0 bridgehead atoms. The summed E-state index contributed by atoms with van der Waals surface area (Å²) >= 11 is 0. The molecule has 3 atom stereocenters. The normalized spacial score (nSPS) is 24.8. The SMILES string of the molecule is CCNC(=NCCCOC1CCOC1)NC1CC1c1ccccc1F.I. The van der Waals surface area contributed by atoms with Crippen molar-refractivity contribution in [3.05, 3.63) is 35.6 Å². The standard InChI is InChI=1S/C19H28FN3O2.HI/c1-2-21-19(22-9-5-10-25-14-8-11-24-13-14)23-18-12-16(18)15-6-3-4-7-17(15)20;/h3-4,6-7,14,16,18H,2,5,8-13H2,1H3,(H2,21,22,23);1H. The molecule has 146 valence electrons. The van der Waals surface area contributed by atoms with E-state index in [4.69, 9.17) is 9.47 Å². The summed E-state index contributed by atoms with van der Waals surface area (Å²) in [7, 11) is 0. The van der Waals surface area contributed by atoms with Gasteiger partial charge in [-0.3, -0.25) is 4.99 Å². The second-order valence-corrected chi connectivity index (χ2v) is 6.59. The molecule has 1 aliphatic carbocycles. The molecule has 26 heavy (non-hydrogen) atoms. The van der Waals surface area contributed by atoms with Crippen LogP contribution in [0.1, 0.15) is 37.7 Å². The third-order valence-corrected chi connectivity index (χ3v) is 4.58. The maximum atomic E-state index is 13.9. The van der Waals surface area contributed by atoms with Gasteiger partial charge in [-0.2, -0.15) is 0 Å². The Morgan fingerprint density at radius 2 is 2.23 bits per heavy atom. The topological polar surface area (TPSA) is 54.9 Å². The van der Waals surface area contributed by atoms with Crippen LogP contribution in [0, 0.1) is 5.82 Å². The van der Waals surface area contributed by atoms with E-state index >= 15 is 0 Å². The van der Waals surface area contributed by atoms with Gasteiger partial charge >= 0.3 is 0 Å². The summed E-state index contributed by atoms with van der Waals surface area (Å²) in [6, 6.07) is 7.27. The number of ether oxygens (including phenoxy) is 2. The number of guanidine groups is 1. The van der Waals surface area contributed by atoms with Gasteiger partial charge < -0.3 is 20.1 Å². The molecule has 1 aromatic carbocycles. The average Bonchev–Trinajstić information content (AvgIpc) is 3.16. The van der Waals surface area contributed by atoms with Crippen molar-refractivity contribution in [1.82, 2.24) is 10.6 Å². The molecule has 1 aliphatic heterocycles. The van der Waals surface area contributed by atoms with E-state index in [2.05, 4.69) is 15.6 Å². The fourth-order valence-corrected chi connectivity index (χ4v) is 3.12. The molecule has 0 aromatic heterocycles. The zero-order chi connectivity index (χ0) is 17.5. The molecule has 1 saturated carbocycles. The van der Waals surface area contributed by atoms with Crippen LogP contribution in [0.5, 0.6) is 0 Å². The molecule has 1 heterocycles. The monoisotopic (exact) mass is 477 g/mol. The Bertz CT molecular complexity index is 582. The van der Waals surface area contributed by atoms with Crippen molar-refractivity contribution in [3.63, 3.8) is 0 Å². The van der Waals surface area contributed by atoms with Crippen LogP contribution in [-0.2, 0) is 9.47 Å². The van der Waals surface area contributed by atoms with Crippen LogP contribution >= 0.6 is 24.0 Å². The van der Waals surface area contributed by atoms with E-state index < -0.39 is 0 Å². The number of aliphatic imine (C=N–C) groups is 1. The van der Waals surface area contributed by atoms with Gasteiger partial charge in [-0.15, -0.1) is 24.0 Å². The Labute approximate surface area is 172 Å². The van der Waals surface area contributed by atoms with Gasteiger partial charge in [0.1, 0.15) is 5.82 Å². The van der Waals surface area contributed by atoms with E-state index in [1.54, 1.807) is 6.07 Å². The average molecular weight is 477 g/mol. The smallest absolute Gasteiger partial charge is 0.191 e. The molecule has 3 rings (SSSR count). The zero-order valence-electron chi connectivity index (χ0n) is 15.2. The summed E-state index contributed by atoms with van der Waals surface area (Å²) in [5.41, 5.74) is 0.794. The molecule has 1 aromatic rings. The first-order valence-corrected chi connectivity index (χ1v) is 9.26. The van der Waals surface area contributed by atoms with Crippen LogP contribution in [0.25, 0.3) is 0 Å². The number of hydrogen-bond acceptors (Lipinski definition) is 3. The highest BCUT2D eigenvalue weighted by Crippen LogP contribution is 2.41. The van der Waals surface area contributed by atoms with Gasteiger partial charge in [0, 0.05) is 38.3 Å². The molecular formula is C19H29FIN3O2. The number of hydrogen-bond donors (Lipinski definition) is 2. The number of halogens is 2. The second-order valence-electron chi connectivity index (χ2n) is 6.59. The molecular weight excluding hydrogens is 448 g/mol. The van der Waals surface area contributed by atoms with Gasteiger partial charge in [0.25, 0.3) is 0 Å². The van der Waals surface area contributed by atoms with Crippen LogP contribution in [-0.4, -0.2) is 51.0 Å². The summed E-state index contributed by atoms with van der Waals surface area (Å²) in [4.78, 5) is 4.60. The zero-order valence-corrected chi connectivity index (χ0v) is 17.6. The predicted molar refractivity (Wildman–Crippen MR) is 112 cm³/mol. The van der Waals surface area contributed by atoms with Crippen LogP contribution in [0.4, 0.5) is 4.39 Å². The fourth-order valence-electron chi connectivity index (χ4n) is 3.12. The highest BCUT2D eigenvalue weighted by Gasteiger charge is 2.40. The van der Waals surface area contributed by atoms with Crippen molar-refractivity contribution in [2.24, 2.45) is 4.99 Å². The molecule has 2 N–H and O–H groups in total. The third-order valence-electron chi connectivity index (χ3n) is 4.58. The van der Waals surface area contributed by atoms with Crippen LogP contribution in [0.3, 0.4) is 0 Å². The summed E-state index contributed by atoms with van der Waals surface area (Å²) in [5, 5.41) is 6.67. The van der Waals surface area contributed by atoms with E-state index in [1.807, 2.05) is 19.1 Å². The second kappa shape index (κ2) is 11.0. The molecule has 1 saturated heterocycles. The summed E-state index contributed by atoms with van der Waals surface area (Å²) in [6.07, 6.45) is 3.07. The number of nitrogens with one attached hydrogen (secondary N) is 2. The minimum atomic E-state index is -0.119. The maximum absolute atomic E-state index is 13.9. The molecule has 0 spiro atoms. The van der Waals surface area contributed by atoms with E-state index in [1.165, 1.54) is 6.07 Å². The molecule has 2 aliphatic rings. The lowest BCUT2D eigenvalue weighted by molar-refractivity contribution is 0.0424. The fraction of sp³-hybridized carbons (Fsp3) is 0.632. The summed E-state index contributed by atoms with van der Waals surface area (Å²) in [5.74, 6) is 0.915. The van der Waals surface area contributed by atoms with Crippen molar-refractivity contribution < 1.29 is 13.9 Å². The van der Waals surface area contributed by atoms with Gasteiger partial charge in [-0.25, -0.2) is 4.39 Å². The highest BCUT2D eigenvalue weighted by atomic mass is 127.